The van der Waals surface area contributed by atoms with Crippen LogP contribution >= 0.6 is 0 Å². The summed E-state index contributed by atoms with van der Waals surface area (Å²) < 4.78 is 0. The van der Waals surface area contributed by atoms with Crippen LogP contribution in [0, 0.1) is 5.92 Å². The molecule has 1 aliphatic rings. The first-order valence-electron chi connectivity index (χ1n) is 8.66. The molecular weight excluding hydrogens is 258 g/mol. The van der Waals surface area contributed by atoms with Crippen molar-refractivity contribution in [3.05, 3.63) is 35.4 Å². The molecule has 21 heavy (non-hydrogen) atoms. The quantitative estimate of drug-likeness (QED) is 0.849. The minimum absolute atomic E-state index is 0.208. The number of hydrogen-bond acceptors (Lipinski definition) is 2. The van der Waals surface area contributed by atoms with Crippen LogP contribution in [0.2, 0.25) is 0 Å². The fourth-order valence-electron chi connectivity index (χ4n) is 3.49. The van der Waals surface area contributed by atoms with E-state index in [0.29, 0.717) is 0 Å². The standard InChI is InChI=1S/C19H31NO/c1-4-6-17-11-13-20(14-12-17)15(3)19(21)18-9-7-16(5-2)8-10-18/h7-10,15,17,19,21H,4-6,11-14H2,1-3H3. The third-order valence-electron chi connectivity index (χ3n) is 5.11. The number of likely N-dealkylation sites (tertiary alicyclic amines) is 1. The van der Waals surface area contributed by atoms with Gasteiger partial charge in [0.25, 0.3) is 0 Å². The summed E-state index contributed by atoms with van der Waals surface area (Å²) in [5.74, 6) is 0.902. The fourth-order valence-corrected chi connectivity index (χ4v) is 3.49. The topological polar surface area (TPSA) is 23.5 Å². The predicted octanol–water partition coefficient (Wildman–Crippen LogP) is 4.18. The second kappa shape index (κ2) is 7.95. The number of nitrogens with zero attached hydrogens (tertiary/aromatic N) is 1. The average Bonchev–Trinajstić information content (AvgIpc) is 2.54. The zero-order chi connectivity index (χ0) is 15.2. The van der Waals surface area contributed by atoms with Gasteiger partial charge < -0.3 is 5.11 Å². The number of hydrogen-bond donors (Lipinski definition) is 1. The smallest absolute Gasteiger partial charge is 0.0942 e. The molecular formula is C19H31NO. The average molecular weight is 289 g/mol. The van der Waals surface area contributed by atoms with Crippen molar-refractivity contribution < 1.29 is 5.11 Å². The molecule has 1 aromatic rings. The van der Waals surface area contributed by atoms with E-state index >= 15 is 0 Å². The molecule has 0 aromatic heterocycles. The van der Waals surface area contributed by atoms with E-state index in [1.807, 2.05) is 0 Å². The Morgan fingerprint density at radius 1 is 1.14 bits per heavy atom. The summed E-state index contributed by atoms with van der Waals surface area (Å²) in [4.78, 5) is 2.46. The van der Waals surface area contributed by atoms with Gasteiger partial charge in [-0.3, -0.25) is 4.90 Å². The summed E-state index contributed by atoms with van der Waals surface area (Å²) in [5, 5.41) is 10.6. The van der Waals surface area contributed by atoms with Crippen LogP contribution in [0.25, 0.3) is 0 Å². The molecule has 0 amide bonds. The highest BCUT2D eigenvalue weighted by Crippen LogP contribution is 2.27. The molecule has 1 aromatic carbocycles. The van der Waals surface area contributed by atoms with Gasteiger partial charge >= 0.3 is 0 Å². The molecule has 2 rings (SSSR count). The predicted molar refractivity (Wildman–Crippen MR) is 89.4 cm³/mol. The van der Waals surface area contributed by atoms with E-state index in [1.165, 1.54) is 31.2 Å². The van der Waals surface area contributed by atoms with Gasteiger partial charge in [-0.1, -0.05) is 51.0 Å². The van der Waals surface area contributed by atoms with Crippen LogP contribution < -0.4 is 0 Å². The zero-order valence-electron chi connectivity index (χ0n) is 13.9. The number of piperidine rings is 1. The van der Waals surface area contributed by atoms with E-state index in [0.717, 1.165) is 31.0 Å². The van der Waals surface area contributed by atoms with Crippen LogP contribution in [0.5, 0.6) is 0 Å². The Bertz CT molecular complexity index is 406. The molecule has 1 N–H and O–H groups in total. The third kappa shape index (κ3) is 4.31. The highest BCUT2D eigenvalue weighted by Gasteiger charge is 2.27. The minimum Gasteiger partial charge on any atom is -0.387 e. The molecule has 1 heterocycles. The second-order valence-corrected chi connectivity index (χ2v) is 6.55. The van der Waals surface area contributed by atoms with Crippen molar-refractivity contribution in [2.45, 2.75) is 65.0 Å². The summed E-state index contributed by atoms with van der Waals surface area (Å²) in [5.41, 5.74) is 2.38. The zero-order valence-corrected chi connectivity index (χ0v) is 13.9. The van der Waals surface area contributed by atoms with Gasteiger partial charge in [0.1, 0.15) is 0 Å². The van der Waals surface area contributed by atoms with Gasteiger partial charge in [-0.25, -0.2) is 0 Å². The maximum absolute atomic E-state index is 10.6. The summed E-state index contributed by atoms with van der Waals surface area (Å²) in [7, 11) is 0. The Morgan fingerprint density at radius 2 is 1.76 bits per heavy atom. The van der Waals surface area contributed by atoms with Crippen molar-refractivity contribution >= 4 is 0 Å². The highest BCUT2D eigenvalue weighted by molar-refractivity contribution is 5.25. The molecule has 2 nitrogen and oxygen atoms in total. The van der Waals surface area contributed by atoms with E-state index in [-0.39, 0.29) is 12.1 Å². The lowest BCUT2D eigenvalue weighted by molar-refractivity contribution is 0.0364. The first kappa shape index (κ1) is 16.5. The van der Waals surface area contributed by atoms with Crippen LogP contribution in [0.3, 0.4) is 0 Å². The molecule has 118 valence electrons. The molecule has 1 fully saturated rings. The molecule has 1 aliphatic heterocycles. The van der Waals surface area contributed by atoms with Gasteiger partial charge in [0.15, 0.2) is 0 Å². The van der Waals surface area contributed by atoms with Crippen LogP contribution in [0.1, 0.15) is 63.7 Å². The minimum atomic E-state index is -0.376. The summed E-state index contributed by atoms with van der Waals surface area (Å²) in [6.07, 6.45) is 5.92. The van der Waals surface area contributed by atoms with Gasteiger partial charge in [-0.2, -0.15) is 0 Å². The van der Waals surface area contributed by atoms with Gasteiger partial charge in [0.05, 0.1) is 6.10 Å². The van der Waals surface area contributed by atoms with Crippen molar-refractivity contribution in [3.63, 3.8) is 0 Å². The molecule has 0 radical (unpaired) electrons. The number of benzene rings is 1. The van der Waals surface area contributed by atoms with E-state index in [9.17, 15) is 5.11 Å². The van der Waals surface area contributed by atoms with Crippen molar-refractivity contribution in [2.75, 3.05) is 13.1 Å². The molecule has 1 saturated heterocycles. The molecule has 0 saturated carbocycles. The molecule has 0 aliphatic carbocycles. The van der Waals surface area contributed by atoms with Gasteiger partial charge in [-0.15, -0.1) is 0 Å². The SMILES string of the molecule is CCCC1CCN(C(C)C(O)c2ccc(CC)cc2)CC1. The van der Waals surface area contributed by atoms with Crippen LogP contribution in [0.4, 0.5) is 0 Å². The summed E-state index contributed by atoms with van der Waals surface area (Å²) in [6.45, 7) is 8.87. The lowest BCUT2D eigenvalue weighted by atomic mass is 9.90. The maximum Gasteiger partial charge on any atom is 0.0942 e. The number of rotatable bonds is 6. The fraction of sp³-hybridized carbons (Fsp3) is 0.684. The normalized spacial score (nSPS) is 20.4. The first-order valence-corrected chi connectivity index (χ1v) is 8.66. The summed E-state index contributed by atoms with van der Waals surface area (Å²) >= 11 is 0. The number of aryl methyl sites for hydroxylation is 1. The maximum atomic E-state index is 10.6. The lowest BCUT2D eigenvalue weighted by Crippen LogP contribution is -2.42. The van der Waals surface area contributed by atoms with Gasteiger partial charge in [0, 0.05) is 6.04 Å². The van der Waals surface area contributed by atoms with E-state index in [2.05, 4.69) is 49.9 Å². The lowest BCUT2D eigenvalue weighted by Gasteiger charge is -2.38. The third-order valence-corrected chi connectivity index (χ3v) is 5.11. The van der Waals surface area contributed by atoms with Gasteiger partial charge in [0.2, 0.25) is 0 Å². The Labute approximate surface area is 130 Å². The monoisotopic (exact) mass is 289 g/mol. The van der Waals surface area contributed by atoms with E-state index < -0.39 is 0 Å². The Hall–Kier alpha value is -0.860. The van der Waals surface area contributed by atoms with Crippen molar-refractivity contribution in [1.29, 1.82) is 0 Å². The first-order chi connectivity index (χ1) is 10.2. The molecule has 2 heteroatoms. The van der Waals surface area contributed by atoms with Crippen LogP contribution in [-0.2, 0) is 6.42 Å². The largest absolute Gasteiger partial charge is 0.387 e. The van der Waals surface area contributed by atoms with Crippen LogP contribution in [-0.4, -0.2) is 29.1 Å². The van der Waals surface area contributed by atoms with E-state index in [4.69, 9.17) is 0 Å². The highest BCUT2D eigenvalue weighted by atomic mass is 16.3. The van der Waals surface area contributed by atoms with Crippen LogP contribution in [0.15, 0.2) is 24.3 Å². The molecule has 2 unspecified atom stereocenters. The van der Waals surface area contributed by atoms with Crippen molar-refractivity contribution in [3.8, 4) is 0 Å². The van der Waals surface area contributed by atoms with Crippen molar-refractivity contribution in [2.24, 2.45) is 5.92 Å². The van der Waals surface area contributed by atoms with E-state index in [1.54, 1.807) is 0 Å². The molecule has 0 spiro atoms. The molecule has 0 bridgehead atoms. The Morgan fingerprint density at radius 3 is 2.29 bits per heavy atom. The second-order valence-electron chi connectivity index (χ2n) is 6.55. The van der Waals surface area contributed by atoms with Gasteiger partial charge in [-0.05, 0) is 56.3 Å². The molecule has 2 atom stereocenters. The van der Waals surface area contributed by atoms with Crippen molar-refractivity contribution in [1.82, 2.24) is 4.90 Å². The number of aliphatic hydroxyl groups excluding tert-OH is 1. The summed E-state index contributed by atoms with van der Waals surface area (Å²) in [6, 6.07) is 8.66. The Kier molecular flexibility index (Phi) is 6.25. The Balaban J connectivity index is 1.91. The number of aliphatic hydroxyl groups is 1.